The van der Waals surface area contributed by atoms with Crippen molar-refractivity contribution in [2.75, 3.05) is 4.90 Å². The lowest BCUT2D eigenvalue weighted by Crippen LogP contribution is -2.31. The van der Waals surface area contributed by atoms with Crippen LogP contribution in [0.5, 0.6) is 0 Å². The molecule has 0 unspecified atom stereocenters. The smallest absolute Gasteiger partial charge is 0.268 e. The van der Waals surface area contributed by atoms with Crippen molar-refractivity contribution in [1.82, 2.24) is 14.5 Å². The minimum Gasteiger partial charge on any atom is -0.308 e. The SMILES string of the molecule is Cc1cc(C)c(N2C(=O)c3cccc(-n4c5cccc(-c6ccccn6)c5c5c(-c6ccccn6)cccc54)c3C2=O)c(C)c1. The molecule has 2 amide bonds. The van der Waals surface area contributed by atoms with E-state index in [-0.39, 0.29) is 11.8 Å². The lowest BCUT2D eigenvalue weighted by Gasteiger charge is -2.20. The first-order chi connectivity index (χ1) is 21.9. The minimum absolute atomic E-state index is 0.309. The highest BCUT2D eigenvalue weighted by molar-refractivity contribution is 6.36. The maximum atomic E-state index is 14.4. The zero-order chi connectivity index (χ0) is 30.8. The van der Waals surface area contributed by atoms with Crippen LogP contribution >= 0.6 is 0 Å². The van der Waals surface area contributed by atoms with E-state index in [4.69, 9.17) is 9.97 Å². The maximum Gasteiger partial charge on any atom is 0.268 e. The molecule has 1 aliphatic heterocycles. The van der Waals surface area contributed by atoms with Gasteiger partial charge in [-0.25, -0.2) is 4.90 Å². The van der Waals surface area contributed by atoms with Gasteiger partial charge in [0.25, 0.3) is 11.8 Å². The number of carbonyl (C=O) groups excluding carboxylic acids is 2. The molecule has 6 heteroatoms. The van der Waals surface area contributed by atoms with E-state index in [1.807, 2.05) is 93.6 Å². The van der Waals surface area contributed by atoms with Gasteiger partial charge in [-0.1, -0.05) is 60.2 Å². The van der Waals surface area contributed by atoms with E-state index in [0.29, 0.717) is 22.5 Å². The Balaban J connectivity index is 1.46. The van der Waals surface area contributed by atoms with Gasteiger partial charge in [-0.15, -0.1) is 0 Å². The summed E-state index contributed by atoms with van der Waals surface area (Å²) in [5.74, 6) is -0.631. The fourth-order valence-electron chi connectivity index (χ4n) is 7.02. The molecular formula is C39H28N4O2. The highest BCUT2D eigenvalue weighted by Gasteiger charge is 2.40. The van der Waals surface area contributed by atoms with Crippen LogP contribution in [0.2, 0.25) is 0 Å². The van der Waals surface area contributed by atoms with Crippen molar-refractivity contribution in [3.63, 3.8) is 0 Å². The fraction of sp³-hybridized carbons (Fsp3) is 0.0769. The van der Waals surface area contributed by atoms with Crippen molar-refractivity contribution in [2.45, 2.75) is 20.8 Å². The number of pyridine rings is 2. The average Bonchev–Trinajstić information content (AvgIpc) is 3.53. The molecule has 1 aliphatic rings. The summed E-state index contributed by atoms with van der Waals surface area (Å²) in [5, 5.41) is 2.01. The summed E-state index contributed by atoms with van der Waals surface area (Å²) in [6.07, 6.45) is 3.59. The molecule has 0 N–H and O–H groups in total. The topological polar surface area (TPSA) is 68.1 Å². The number of carbonyl (C=O) groups is 2. The molecule has 4 heterocycles. The second kappa shape index (κ2) is 10.1. The summed E-state index contributed by atoms with van der Waals surface area (Å²) >= 11 is 0. The molecular weight excluding hydrogens is 556 g/mol. The number of rotatable bonds is 4. The monoisotopic (exact) mass is 584 g/mol. The fourth-order valence-corrected chi connectivity index (χ4v) is 7.02. The number of benzene rings is 4. The van der Waals surface area contributed by atoms with Gasteiger partial charge in [0.05, 0.1) is 44.9 Å². The summed E-state index contributed by atoms with van der Waals surface area (Å²) in [5.41, 5.74) is 10.4. The van der Waals surface area contributed by atoms with Crippen LogP contribution in [-0.2, 0) is 0 Å². The van der Waals surface area contributed by atoms with Gasteiger partial charge in [-0.05, 0) is 80.4 Å². The number of anilines is 1. The largest absolute Gasteiger partial charge is 0.308 e. The molecule has 6 nitrogen and oxygen atoms in total. The number of nitrogens with zero attached hydrogens (tertiary/aromatic N) is 4. The van der Waals surface area contributed by atoms with Gasteiger partial charge < -0.3 is 4.57 Å². The van der Waals surface area contributed by atoms with E-state index >= 15 is 0 Å². The molecule has 0 atom stereocenters. The molecule has 0 fully saturated rings. The molecule has 0 saturated heterocycles. The molecule has 0 bridgehead atoms. The van der Waals surface area contributed by atoms with E-state index in [0.717, 1.165) is 61.0 Å². The molecule has 7 aromatic rings. The van der Waals surface area contributed by atoms with E-state index in [1.165, 1.54) is 4.90 Å². The van der Waals surface area contributed by atoms with Gasteiger partial charge >= 0.3 is 0 Å². The second-order valence-electron chi connectivity index (χ2n) is 11.6. The first kappa shape index (κ1) is 26.7. The molecule has 4 aromatic carbocycles. The third kappa shape index (κ3) is 3.96. The summed E-state index contributed by atoms with van der Waals surface area (Å²) in [4.78, 5) is 39.2. The molecule has 8 rings (SSSR count). The Morgan fingerprint density at radius 3 is 1.62 bits per heavy atom. The number of amides is 2. The van der Waals surface area contributed by atoms with Crippen molar-refractivity contribution in [3.05, 3.63) is 143 Å². The summed E-state index contributed by atoms with van der Waals surface area (Å²) in [6.45, 7) is 5.92. The van der Waals surface area contributed by atoms with Crippen molar-refractivity contribution in [2.24, 2.45) is 0 Å². The Morgan fingerprint density at radius 1 is 0.556 bits per heavy atom. The van der Waals surface area contributed by atoms with Gasteiger partial charge in [0.15, 0.2) is 0 Å². The van der Waals surface area contributed by atoms with E-state index in [9.17, 15) is 9.59 Å². The molecule has 45 heavy (non-hydrogen) atoms. The number of aromatic nitrogens is 3. The first-order valence-electron chi connectivity index (χ1n) is 14.9. The minimum atomic E-state index is -0.322. The van der Waals surface area contributed by atoms with Crippen LogP contribution in [0.25, 0.3) is 50.0 Å². The number of aryl methyl sites for hydroxylation is 3. The number of hydrogen-bond acceptors (Lipinski definition) is 4. The Bertz CT molecular complexity index is 2220. The van der Waals surface area contributed by atoms with Crippen molar-refractivity contribution in [1.29, 1.82) is 0 Å². The summed E-state index contributed by atoms with van der Waals surface area (Å²) < 4.78 is 2.12. The second-order valence-corrected chi connectivity index (χ2v) is 11.6. The van der Waals surface area contributed by atoms with Crippen LogP contribution in [0, 0.1) is 20.8 Å². The van der Waals surface area contributed by atoms with Gasteiger partial charge in [0, 0.05) is 34.3 Å². The van der Waals surface area contributed by atoms with Crippen LogP contribution in [0.4, 0.5) is 5.69 Å². The maximum absolute atomic E-state index is 14.4. The average molecular weight is 585 g/mol. The third-order valence-electron chi connectivity index (χ3n) is 8.69. The number of fused-ring (bicyclic) bond motifs is 4. The van der Waals surface area contributed by atoms with E-state index in [2.05, 4.69) is 28.8 Å². The third-order valence-corrected chi connectivity index (χ3v) is 8.69. The molecule has 3 aromatic heterocycles. The van der Waals surface area contributed by atoms with E-state index < -0.39 is 0 Å². The molecule has 0 aliphatic carbocycles. The van der Waals surface area contributed by atoms with Gasteiger partial charge in [0.2, 0.25) is 0 Å². The lowest BCUT2D eigenvalue weighted by atomic mass is 9.98. The van der Waals surface area contributed by atoms with Crippen molar-refractivity contribution >= 4 is 39.3 Å². The van der Waals surface area contributed by atoms with Crippen molar-refractivity contribution in [3.8, 4) is 28.2 Å². The molecule has 0 radical (unpaired) electrons. The summed E-state index contributed by atoms with van der Waals surface area (Å²) in [6, 6.07) is 33.7. The summed E-state index contributed by atoms with van der Waals surface area (Å²) in [7, 11) is 0. The lowest BCUT2D eigenvalue weighted by molar-refractivity contribution is 0.0925. The highest BCUT2D eigenvalue weighted by Crippen LogP contribution is 2.44. The molecule has 0 saturated carbocycles. The Hall–Kier alpha value is -5.88. The Kier molecular flexibility index (Phi) is 6.00. The zero-order valence-corrected chi connectivity index (χ0v) is 25.1. The molecule has 0 spiro atoms. The van der Waals surface area contributed by atoms with E-state index in [1.54, 1.807) is 18.5 Å². The van der Waals surface area contributed by atoms with Gasteiger partial charge in [0.1, 0.15) is 0 Å². The number of imide groups is 1. The quantitative estimate of drug-likeness (QED) is 0.194. The van der Waals surface area contributed by atoms with Crippen molar-refractivity contribution < 1.29 is 9.59 Å². The first-order valence-corrected chi connectivity index (χ1v) is 14.9. The number of hydrogen-bond donors (Lipinski definition) is 0. The van der Waals surface area contributed by atoms with Crippen LogP contribution in [0.1, 0.15) is 37.4 Å². The van der Waals surface area contributed by atoms with Crippen LogP contribution in [0.15, 0.2) is 116 Å². The van der Waals surface area contributed by atoms with Crippen LogP contribution in [0.3, 0.4) is 0 Å². The standard InChI is InChI=1S/C39H28N4O2/c1-23-21-24(2)37(25(3)22-23)43-38(44)28-13-10-18-33(36(28)39(43)45)42-31-16-8-11-26(29-14-4-6-19-40-29)34(31)35-27(12-9-17-32(35)42)30-15-5-7-20-41-30/h4-22H,1-3H3. The zero-order valence-electron chi connectivity index (χ0n) is 25.1. The highest BCUT2D eigenvalue weighted by atomic mass is 16.2. The Morgan fingerprint density at radius 2 is 1.09 bits per heavy atom. The Labute approximate surface area is 260 Å². The van der Waals surface area contributed by atoms with Gasteiger partial charge in [-0.3, -0.25) is 19.6 Å². The van der Waals surface area contributed by atoms with Crippen LogP contribution in [-0.4, -0.2) is 26.3 Å². The van der Waals surface area contributed by atoms with Crippen LogP contribution < -0.4 is 4.90 Å². The molecule has 216 valence electrons. The predicted molar refractivity (Wildman–Crippen MR) is 179 cm³/mol. The normalized spacial score (nSPS) is 12.8. The van der Waals surface area contributed by atoms with Gasteiger partial charge in [-0.2, -0.15) is 0 Å². The predicted octanol–water partition coefficient (Wildman–Crippen LogP) is 8.63.